The van der Waals surface area contributed by atoms with Crippen LogP contribution in [0.25, 0.3) is 0 Å². The number of nitrogens with two attached hydrogens (primary N) is 1. The molecule has 3 nitrogen and oxygen atoms in total. The van der Waals surface area contributed by atoms with E-state index in [4.69, 9.17) is 10.5 Å². The van der Waals surface area contributed by atoms with Gasteiger partial charge in [0.1, 0.15) is 6.73 Å². The molecule has 3 heteroatoms. The van der Waals surface area contributed by atoms with Crippen LogP contribution in [0.3, 0.4) is 0 Å². The molecule has 0 spiro atoms. The van der Waals surface area contributed by atoms with Gasteiger partial charge < -0.3 is 4.74 Å². The topological polar surface area (TPSA) is 52.3 Å². The lowest BCUT2D eigenvalue weighted by atomic mass is 9.69. The van der Waals surface area contributed by atoms with Gasteiger partial charge in [-0.25, -0.2) is 0 Å². The maximum atomic E-state index is 11.6. The molecule has 0 aliphatic heterocycles. The predicted octanol–water partition coefficient (Wildman–Crippen LogP) is 3.08. The first-order valence-electron chi connectivity index (χ1n) is 7.57. The van der Waals surface area contributed by atoms with Crippen molar-refractivity contribution in [1.82, 2.24) is 0 Å². The Kier molecular flexibility index (Phi) is 5.04. The van der Waals surface area contributed by atoms with Crippen molar-refractivity contribution in [2.45, 2.75) is 58.3 Å². The summed E-state index contributed by atoms with van der Waals surface area (Å²) in [4.78, 5) is 11.6. The van der Waals surface area contributed by atoms with E-state index in [9.17, 15) is 4.79 Å². The molecule has 0 heterocycles. The molecule has 0 radical (unpaired) electrons. The van der Waals surface area contributed by atoms with Gasteiger partial charge in [0.25, 0.3) is 0 Å². The van der Waals surface area contributed by atoms with Crippen molar-refractivity contribution in [1.29, 1.82) is 0 Å². The second-order valence-corrected chi connectivity index (χ2v) is 6.26. The monoisotopic (exact) mass is 253 g/mol. The van der Waals surface area contributed by atoms with Gasteiger partial charge in [-0.15, -0.1) is 0 Å². The lowest BCUT2D eigenvalue weighted by Crippen LogP contribution is -2.29. The molecule has 2 saturated carbocycles. The van der Waals surface area contributed by atoms with E-state index < -0.39 is 0 Å². The molecule has 2 fully saturated rings. The highest BCUT2D eigenvalue weighted by Crippen LogP contribution is 2.41. The minimum Gasteiger partial charge on any atom is -0.450 e. The Labute approximate surface area is 110 Å². The average molecular weight is 253 g/mol. The number of carbonyl (C=O) groups excluding carboxylic acids is 1. The Morgan fingerprint density at radius 3 is 2.00 bits per heavy atom. The molecule has 18 heavy (non-hydrogen) atoms. The molecule has 0 aromatic heterocycles. The summed E-state index contributed by atoms with van der Waals surface area (Å²) in [6.45, 7) is 2.40. The molecule has 0 aromatic carbocycles. The van der Waals surface area contributed by atoms with Crippen molar-refractivity contribution in [2.75, 3.05) is 6.73 Å². The molecule has 0 saturated heterocycles. The van der Waals surface area contributed by atoms with Crippen LogP contribution < -0.4 is 5.73 Å². The second kappa shape index (κ2) is 6.55. The van der Waals surface area contributed by atoms with E-state index in [1.165, 1.54) is 38.5 Å². The highest BCUT2D eigenvalue weighted by molar-refractivity contribution is 5.72. The largest absolute Gasteiger partial charge is 0.450 e. The summed E-state index contributed by atoms with van der Waals surface area (Å²) in [7, 11) is 0. The van der Waals surface area contributed by atoms with Gasteiger partial charge in [0.2, 0.25) is 0 Å². The summed E-state index contributed by atoms with van der Waals surface area (Å²) < 4.78 is 4.91. The molecule has 104 valence electrons. The van der Waals surface area contributed by atoms with Crippen LogP contribution in [0.15, 0.2) is 0 Å². The third kappa shape index (κ3) is 3.47. The van der Waals surface area contributed by atoms with E-state index in [2.05, 4.69) is 6.92 Å². The van der Waals surface area contributed by atoms with Crippen molar-refractivity contribution in [2.24, 2.45) is 29.4 Å². The van der Waals surface area contributed by atoms with Crippen LogP contribution in [0.5, 0.6) is 0 Å². The summed E-state index contributed by atoms with van der Waals surface area (Å²) in [5.74, 6) is 2.75. The zero-order chi connectivity index (χ0) is 13.0. The normalized spacial score (nSPS) is 37.2. The maximum Gasteiger partial charge on any atom is 0.310 e. The number of hydrogen-bond acceptors (Lipinski definition) is 3. The maximum absolute atomic E-state index is 11.6. The van der Waals surface area contributed by atoms with Gasteiger partial charge in [0.15, 0.2) is 0 Å². The molecule has 2 aliphatic carbocycles. The molecule has 0 bridgehead atoms. The Morgan fingerprint density at radius 1 is 1.00 bits per heavy atom. The summed E-state index contributed by atoms with van der Waals surface area (Å²) in [6.07, 6.45) is 10.1. The van der Waals surface area contributed by atoms with Crippen molar-refractivity contribution in [3.8, 4) is 0 Å². The first-order valence-corrected chi connectivity index (χ1v) is 7.57. The van der Waals surface area contributed by atoms with E-state index >= 15 is 0 Å². The number of esters is 1. The van der Waals surface area contributed by atoms with Crippen molar-refractivity contribution in [3.63, 3.8) is 0 Å². The van der Waals surface area contributed by atoms with Crippen LogP contribution in [-0.2, 0) is 9.53 Å². The number of carbonyl (C=O) groups is 1. The fraction of sp³-hybridized carbons (Fsp3) is 0.933. The Bertz CT molecular complexity index is 264. The molecule has 0 unspecified atom stereocenters. The highest BCUT2D eigenvalue weighted by atomic mass is 16.5. The molecule has 2 aliphatic rings. The smallest absolute Gasteiger partial charge is 0.310 e. The fourth-order valence-corrected chi connectivity index (χ4v) is 3.78. The quantitative estimate of drug-likeness (QED) is 0.621. The van der Waals surface area contributed by atoms with Crippen LogP contribution in [0, 0.1) is 23.7 Å². The Balaban J connectivity index is 1.74. The van der Waals surface area contributed by atoms with Crippen LogP contribution in [0.1, 0.15) is 58.3 Å². The van der Waals surface area contributed by atoms with E-state index in [0.717, 1.165) is 30.6 Å². The first-order chi connectivity index (χ1) is 8.70. The molecule has 0 amide bonds. The number of hydrogen-bond donors (Lipinski definition) is 1. The SMILES string of the molecule is CC1CCC(C2CCC(C(=O)OCN)CC2)CC1. The summed E-state index contributed by atoms with van der Waals surface area (Å²) in [6, 6.07) is 0. The lowest BCUT2D eigenvalue weighted by Gasteiger charge is -2.36. The third-order valence-electron chi connectivity index (χ3n) is 5.06. The third-order valence-corrected chi connectivity index (χ3v) is 5.06. The van der Waals surface area contributed by atoms with Crippen LogP contribution >= 0.6 is 0 Å². The standard InChI is InChI=1S/C15H27NO2/c1-11-2-4-12(5-3-11)13-6-8-14(9-7-13)15(17)18-10-16/h11-14H,2-10,16H2,1H3. The Morgan fingerprint density at radius 2 is 1.50 bits per heavy atom. The zero-order valence-electron chi connectivity index (χ0n) is 11.6. The van der Waals surface area contributed by atoms with Crippen molar-refractivity contribution < 1.29 is 9.53 Å². The minimum absolute atomic E-state index is 0.0271. The number of rotatable bonds is 3. The van der Waals surface area contributed by atoms with E-state index in [-0.39, 0.29) is 18.6 Å². The highest BCUT2D eigenvalue weighted by Gasteiger charge is 2.32. The van der Waals surface area contributed by atoms with E-state index in [0.29, 0.717) is 0 Å². The van der Waals surface area contributed by atoms with Gasteiger partial charge in [-0.05, 0) is 56.3 Å². The summed E-state index contributed by atoms with van der Waals surface area (Å²) in [5, 5.41) is 0. The molecule has 2 N–H and O–H groups in total. The van der Waals surface area contributed by atoms with Gasteiger partial charge in [-0.3, -0.25) is 10.5 Å². The average Bonchev–Trinajstić information content (AvgIpc) is 2.40. The van der Waals surface area contributed by atoms with E-state index in [1.54, 1.807) is 0 Å². The molecular weight excluding hydrogens is 226 g/mol. The molecule has 0 atom stereocenters. The minimum atomic E-state index is -0.0757. The zero-order valence-corrected chi connectivity index (χ0v) is 11.6. The lowest BCUT2D eigenvalue weighted by molar-refractivity contribution is -0.149. The van der Waals surface area contributed by atoms with Gasteiger partial charge in [0.05, 0.1) is 5.92 Å². The van der Waals surface area contributed by atoms with Crippen molar-refractivity contribution >= 4 is 5.97 Å². The predicted molar refractivity (Wildman–Crippen MR) is 71.7 cm³/mol. The Hall–Kier alpha value is -0.570. The number of ether oxygens (including phenoxy) is 1. The van der Waals surface area contributed by atoms with Gasteiger partial charge in [0, 0.05) is 0 Å². The molecule has 0 aromatic rings. The summed E-state index contributed by atoms with van der Waals surface area (Å²) >= 11 is 0. The fourth-order valence-electron chi connectivity index (χ4n) is 3.78. The van der Waals surface area contributed by atoms with Gasteiger partial charge in [-0.1, -0.05) is 19.8 Å². The first kappa shape index (κ1) is 13.9. The van der Waals surface area contributed by atoms with Gasteiger partial charge >= 0.3 is 5.97 Å². The molecular formula is C15H27NO2. The van der Waals surface area contributed by atoms with E-state index in [1.807, 2.05) is 0 Å². The summed E-state index contributed by atoms with van der Waals surface area (Å²) in [5.41, 5.74) is 5.25. The van der Waals surface area contributed by atoms with Crippen LogP contribution in [-0.4, -0.2) is 12.7 Å². The second-order valence-electron chi connectivity index (χ2n) is 6.26. The van der Waals surface area contributed by atoms with Gasteiger partial charge in [-0.2, -0.15) is 0 Å². The van der Waals surface area contributed by atoms with Crippen molar-refractivity contribution in [3.05, 3.63) is 0 Å². The van der Waals surface area contributed by atoms with Crippen LogP contribution in [0.4, 0.5) is 0 Å². The van der Waals surface area contributed by atoms with Crippen LogP contribution in [0.2, 0.25) is 0 Å². The molecule has 2 rings (SSSR count).